The lowest BCUT2D eigenvalue weighted by molar-refractivity contribution is 0.231. The van der Waals surface area contributed by atoms with E-state index in [4.69, 9.17) is 10.2 Å². The fourth-order valence-electron chi connectivity index (χ4n) is 2.88. The average molecular weight is 272 g/mol. The van der Waals surface area contributed by atoms with Gasteiger partial charge in [-0.1, -0.05) is 31.5 Å². The highest BCUT2D eigenvalue weighted by atomic mass is 16.3. The summed E-state index contributed by atoms with van der Waals surface area (Å²) in [5.74, 6) is 1.07. The number of benzene rings is 1. The number of fused-ring (bicyclic) bond motifs is 1. The second kappa shape index (κ2) is 5.98. The zero-order valence-corrected chi connectivity index (χ0v) is 12.3. The van der Waals surface area contributed by atoms with E-state index in [2.05, 4.69) is 24.0 Å². The van der Waals surface area contributed by atoms with E-state index in [0.717, 1.165) is 23.9 Å². The molecule has 108 valence electrons. The molecular formula is C17H24N2O. The maximum atomic E-state index is 6.06. The van der Waals surface area contributed by atoms with Gasteiger partial charge in [0.2, 0.25) is 0 Å². The van der Waals surface area contributed by atoms with Crippen LogP contribution in [-0.4, -0.2) is 17.5 Å². The smallest absolute Gasteiger partial charge is 0.134 e. The number of rotatable bonds is 7. The molecule has 1 saturated carbocycles. The maximum Gasteiger partial charge on any atom is 0.134 e. The molecular weight excluding hydrogens is 248 g/mol. The maximum absolute atomic E-state index is 6.06. The number of nitrogens with two attached hydrogens (primary N) is 1. The Morgan fingerprint density at radius 2 is 2.10 bits per heavy atom. The van der Waals surface area contributed by atoms with Crippen LogP contribution in [0.25, 0.3) is 11.0 Å². The molecule has 0 radical (unpaired) electrons. The molecule has 1 aliphatic carbocycles. The Morgan fingerprint density at radius 1 is 1.30 bits per heavy atom. The third-order valence-corrected chi connectivity index (χ3v) is 4.19. The van der Waals surface area contributed by atoms with E-state index in [0.29, 0.717) is 6.54 Å². The third kappa shape index (κ3) is 2.74. The monoisotopic (exact) mass is 272 g/mol. The summed E-state index contributed by atoms with van der Waals surface area (Å²) >= 11 is 0. The van der Waals surface area contributed by atoms with Crippen LogP contribution >= 0.6 is 0 Å². The molecule has 1 aromatic heterocycles. The lowest BCUT2D eigenvalue weighted by atomic mass is 10.1. The van der Waals surface area contributed by atoms with E-state index in [-0.39, 0.29) is 0 Å². The van der Waals surface area contributed by atoms with Crippen LogP contribution in [-0.2, 0) is 13.1 Å². The van der Waals surface area contributed by atoms with Crippen molar-refractivity contribution in [2.45, 2.75) is 51.7 Å². The molecule has 1 aromatic carbocycles. The molecule has 0 aliphatic heterocycles. The van der Waals surface area contributed by atoms with Crippen LogP contribution in [0.4, 0.5) is 0 Å². The van der Waals surface area contributed by atoms with Gasteiger partial charge in [-0.05, 0) is 31.9 Å². The van der Waals surface area contributed by atoms with Crippen LogP contribution in [0.1, 0.15) is 43.9 Å². The van der Waals surface area contributed by atoms with E-state index in [9.17, 15) is 0 Å². The molecule has 2 N–H and O–H groups in total. The predicted molar refractivity (Wildman–Crippen MR) is 82.4 cm³/mol. The van der Waals surface area contributed by atoms with Crippen LogP contribution in [0.15, 0.2) is 28.7 Å². The van der Waals surface area contributed by atoms with Crippen LogP contribution in [0, 0.1) is 0 Å². The first-order valence-corrected chi connectivity index (χ1v) is 7.77. The quantitative estimate of drug-likeness (QED) is 0.836. The van der Waals surface area contributed by atoms with E-state index in [1.807, 2.05) is 12.1 Å². The van der Waals surface area contributed by atoms with Gasteiger partial charge in [0.25, 0.3) is 0 Å². The number of hydrogen-bond acceptors (Lipinski definition) is 3. The van der Waals surface area contributed by atoms with Crippen LogP contribution in [0.5, 0.6) is 0 Å². The number of para-hydroxylation sites is 1. The highest BCUT2D eigenvalue weighted by Gasteiger charge is 2.29. The van der Waals surface area contributed by atoms with Gasteiger partial charge in [-0.25, -0.2) is 0 Å². The highest BCUT2D eigenvalue weighted by Crippen LogP contribution is 2.32. The Bertz CT molecular complexity index is 571. The molecule has 1 fully saturated rings. The first kappa shape index (κ1) is 13.7. The summed E-state index contributed by atoms with van der Waals surface area (Å²) < 4.78 is 6.06. The zero-order chi connectivity index (χ0) is 13.9. The van der Waals surface area contributed by atoms with Crippen molar-refractivity contribution in [3.05, 3.63) is 35.6 Å². The first-order chi connectivity index (χ1) is 9.83. The van der Waals surface area contributed by atoms with Gasteiger partial charge in [0.1, 0.15) is 11.3 Å². The molecule has 0 atom stereocenters. The van der Waals surface area contributed by atoms with Crippen molar-refractivity contribution >= 4 is 11.0 Å². The van der Waals surface area contributed by atoms with Gasteiger partial charge in [-0.2, -0.15) is 0 Å². The fraction of sp³-hybridized carbons (Fsp3) is 0.529. The van der Waals surface area contributed by atoms with Crippen molar-refractivity contribution in [1.82, 2.24) is 4.90 Å². The van der Waals surface area contributed by atoms with Gasteiger partial charge in [-0.15, -0.1) is 0 Å². The number of furan rings is 1. The Hall–Kier alpha value is -1.32. The molecule has 0 spiro atoms. The van der Waals surface area contributed by atoms with Gasteiger partial charge in [0.15, 0.2) is 0 Å². The zero-order valence-electron chi connectivity index (χ0n) is 12.3. The van der Waals surface area contributed by atoms with Gasteiger partial charge in [-0.3, -0.25) is 4.90 Å². The first-order valence-electron chi connectivity index (χ1n) is 7.77. The van der Waals surface area contributed by atoms with Crippen molar-refractivity contribution < 1.29 is 4.42 Å². The lowest BCUT2D eigenvalue weighted by Gasteiger charge is -2.20. The molecule has 0 saturated heterocycles. The number of unbranched alkanes of at least 4 members (excludes halogenated alkanes) is 1. The highest BCUT2D eigenvalue weighted by molar-refractivity contribution is 5.82. The number of hydrogen-bond donors (Lipinski definition) is 1. The minimum absolute atomic E-state index is 0.554. The molecule has 1 heterocycles. The molecule has 0 bridgehead atoms. The van der Waals surface area contributed by atoms with Gasteiger partial charge in [0.05, 0.1) is 6.54 Å². The lowest BCUT2D eigenvalue weighted by Crippen LogP contribution is -2.27. The molecule has 20 heavy (non-hydrogen) atoms. The predicted octanol–water partition coefficient (Wildman–Crippen LogP) is 3.66. The standard InChI is InChI=1S/C17H24N2O/c1-2-3-10-19(13-8-9-13)12-17-15(11-18)14-6-4-5-7-16(14)20-17/h4-7,13H,2-3,8-12,18H2,1H3. The summed E-state index contributed by atoms with van der Waals surface area (Å²) in [4.78, 5) is 2.57. The Balaban J connectivity index is 1.84. The van der Waals surface area contributed by atoms with Crippen molar-refractivity contribution in [2.24, 2.45) is 5.73 Å². The molecule has 0 unspecified atom stereocenters. The second-order valence-electron chi connectivity index (χ2n) is 5.76. The van der Waals surface area contributed by atoms with Crippen molar-refractivity contribution in [1.29, 1.82) is 0 Å². The summed E-state index contributed by atoms with van der Waals surface area (Å²) in [6.07, 6.45) is 5.17. The Morgan fingerprint density at radius 3 is 2.80 bits per heavy atom. The normalized spacial score (nSPS) is 15.3. The molecule has 3 rings (SSSR count). The van der Waals surface area contributed by atoms with E-state index in [1.165, 1.54) is 43.2 Å². The summed E-state index contributed by atoms with van der Waals surface area (Å²) in [5.41, 5.74) is 8.10. The molecule has 2 aromatic rings. The molecule has 1 aliphatic rings. The van der Waals surface area contributed by atoms with Gasteiger partial charge < -0.3 is 10.2 Å². The van der Waals surface area contributed by atoms with Crippen molar-refractivity contribution in [2.75, 3.05) is 6.54 Å². The van der Waals surface area contributed by atoms with Crippen LogP contribution in [0.3, 0.4) is 0 Å². The summed E-state index contributed by atoms with van der Waals surface area (Å²) in [7, 11) is 0. The minimum atomic E-state index is 0.554. The number of nitrogens with zero attached hydrogens (tertiary/aromatic N) is 1. The molecule has 3 heteroatoms. The van der Waals surface area contributed by atoms with Crippen molar-refractivity contribution in [3.8, 4) is 0 Å². The minimum Gasteiger partial charge on any atom is -0.459 e. The third-order valence-electron chi connectivity index (χ3n) is 4.19. The largest absolute Gasteiger partial charge is 0.459 e. The summed E-state index contributed by atoms with van der Waals surface area (Å²) in [6.45, 7) is 4.88. The molecule has 3 nitrogen and oxygen atoms in total. The Labute approximate surface area is 120 Å². The van der Waals surface area contributed by atoms with E-state index in [1.54, 1.807) is 0 Å². The average Bonchev–Trinajstić information content (AvgIpc) is 3.25. The summed E-state index contributed by atoms with van der Waals surface area (Å²) in [5, 5.41) is 1.18. The van der Waals surface area contributed by atoms with E-state index >= 15 is 0 Å². The van der Waals surface area contributed by atoms with Crippen LogP contribution < -0.4 is 5.73 Å². The Kier molecular flexibility index (Phi) is 4.08. The summed E-state index contributed by atoms with van der Waals surface area (Å²) in [6, 6.07) is 8.98. The van der Waals surface area contributed by atoms with E-state index < -0.39 is 0 Å². The van der Waals surface area contributed by atoms with Crippen molar-refractivity contribution in [3.63, 3.8) is 0 Å². The van der Waals surface area contributed by atoms with Gasteiger partial charge >= 0.3 is 0 Å². The van der Waals surface area contributed by atoms with Crippen LogP contribution in [0.2, 0.25) is 0 Å². The molecule has 0 amide bonds. The SMILES string of the molecule is CCCCN(Cc1oc2ccccc2c1CN)C1CC1. The topological polar surface area (TPSA) is 42.4 Å². The fourth-order valence-corrected chi connectivity index (χ4v) is 2.88. The second-order valence-corrected chi connectivity index (χ2v) is 5.76. The van der Waals surface area contributed by atoms with Gasteiger partial charge in [0, 0.05) is 23.5 Å².